The second kappa shape index (κ2) is 4.36. The Balaban J connectivity index is 2.78. The number of anilines is 1. The Morgan fingerprint density at radius 3 is 2.93 bits per heavy atom. The molecule has 0 fully saturated rings. The average Bonchev–Trinajstić information content (AvgIpc) is 2.12. The summed E-state index contributed by atoms with van der Waals surface area (Å²) in [6, 6.07) is 4.16. The van der Waals surface area contributed by atoms with Crippen molar-refractivity contribution in [3.8, 4) is 0 Å². The molecule has 1 rings (SSSR count). The summed E-state index contributed by atoms with van der Waals surface area (Å²) in [6.45, 7) is 1.59. The molecule has 4 nitrogen and oxygen atoms in total. The highest BCUT2D eigenvalue weighted by atomic mass is 19.1. The van der Waals surface area contributed by atoms with Gasteiger partial charge in [-0.1, -0.05) is 5.16 Å². The van der Waals surface area contributed by atoms with E-state index in [0.29, 0.717) is 11.3 Å². The molecule has 0 spiro atoms. The van der Waals surface area contributed by atoms with Gasteiger partial charge in [-0.15, -0.1) is 0 Å². The molecule has 1 amide bonds. The smallest absolute Gasteiger partial charge is 0.270 e. The Kier molecular flexibility index (Phi) is 3.17. The first-order chi connectivity index (χ1) is 6.63. The standard InChI is InChI=1S/C9H9FN2O2/c1-6-4-7(2-3-8(6)10)12-9(13)5-11-14/h2-5,14H,1H3,(H,12,13)/b11-5+. The van der Waals surface area contributed by atoms with E-state index >= 15 is 0 Å². The summed E-state index contributed by atoms with van der Waals surface area (Å²) in [6.07, 6.45) is 0.721. The van der Waals surface area contributed by atoms with Crippen molar-refractivity contribution in [1.29, 1.82) is 0 Å². The van der Waals surface area contributed by atoms with E-state index in [1.54, 1.807) is 6.92 Å². The number of amides is 1. The van der Waals surface area contributed by atoms with Crippen LogP contribution in [0.1, 0.15) is 5.56 Å². The van der Waals surface area contributed by atoms with E-state index in [1.807, 2.05) is 0 Å². The highest BCUT2D eigenvalue weighted by Crippen LogP contribution is 2.13. The van der Waals surface area contributed by atoms with Gasteiger partial charge in [0.25, 0.3) is 5.91 Å². The van der Waals surface area contributed by atoms with E-state index in [2.05, 4.69) is 10.5 Å². The van der Waals surface area contributed by atoms with Gasteiger partial charge in [-0.3, -0.25) is 4.79 Å². The molecule has 0 unspecified atom stereocenters. The fraction of sp³-hybridized carbons (Fsp3) is 0.111. The number of hydrogen-bond acceptors (Lipinski definition) is 3. The summed E-state index contributed by atoms with van der Waals surface area (Å²) in [4.78, 5) is 10.9. The quantitative estimate of drug-likeness (QED) is 0.428. The van der Waals surface area contributed by atoms with E-state index in [0.717, 1.165) is 6.21 Å². The molecule has 0 saturated carbocycles. The molecular weight excluding hydrogens is 187 g/mol. The molecule has 74 valence electrons. The van der Waals surface area contributed by atoms with E-state index in [4.69, 9.17) is 5.21 Å². The highest BCUT2D eigenvalue weighted by Gasteiger charge is 2.01. The summed E-state index contributed by atoms with van der Waals surface area (Å²) in [5.74, 6) is -0.905. The lowest BCUT2D eigenvalue weighted by Crippen LogP contribution is -2.12. The Morgan fingerprint density at radius 2 is 2.36 bits per heavy atom. The van der Waals surface area contributed by atoms with Crippen molar-refractivity contribution in [3.63, 3.8) is 0 Å². The zero-order valence-corrected chi connectivity index (χ0v) is 7.49. The predicted molar refractivity (Wildman–Crippen MR) is 50.0 cm³/mol. The molecule has 0 radical (unpaired) electrons. The fourth-order valence-corrected chi connectivity index (χ4v) is 0.949. The number of oxime groups is 1. The Labute approximate surface area is 80.0 Å². The maximum atomic E-state index is 12.8. The first-order valence-corrected chi connectivity index (χ1v) is 3.88. The van der Waals surface area contributed by atoms with Gasteiger partial charge < -0.3 is 10.5 Å². The van der Waals surface area contributed by atoms with Crippen LogP contribution in [0.25, 0.3) is 0 Å². The van der Waals surface area contributed by atoms with E-state index in [-0.39, 0.29) is 5.82 Å². The van der Waals surface area contributed by atoms with Gasteiger partial charge in [-0.2, -0.15) is 0 Å². The normalized spacial score (nSPS) is 10.4. The largest absolute Gasteiger partial charge is 0.411 e. The first-order valence-electron chi connectivity index (χ1n) is 3.88. The third kappa shape index (κ3) is 2.55. The van der Waals surface area contributed by atoms with Gasteiger partial charge in [0.15, 0.2) is 0 Å². The van der Waals surface area contributed by atoms with Crippen molar-refractivity contribution in [2.45, 2.75) is 6.92 Å². The minimum Gasteiger partial charge on any atom is -0.411 e. The Morgan fingerprint density at radius 1 is 1.64 bits per heavy atom. The van der Waals surface area contributed by atoms with Crippen LogP contribution in [0.4, 0.5) is 10.1 Å². The number of nitrogens with one attached hydrogen (secondary N) is 1. The van der Waals surface area contributed by atoms with Gasteiger partial charge >= 0.3 is 0 Å². The molecule has 1 aromatic rings. The van der Waals surface area contributed by atoms with Gasteiger partial charge in [-0.25, -0.2) is 4.39 Å². The maximum absolute atomic E-state index is 12.8. The number of halogens is 1. The summed E-state index contributed by atoms with van der Waals surface area (Å²) in [5.41, 5.74) is 0.887. The molecule has 0 aliphatic heterocycles. The molecule has 0 bridgehead atoms. The van der Waals surface area contributed by atoms with Crippen molar-refractivity contribution in [1.82, 2.24) is 0 Å². The van der Waals surface area contributed by atoms with Crippen LogP contribution in [-0.4, -0.2) is 17.3 Å². The molecule has 0 saturated heterocycles. The van der Waals surface area contributed by atoms with Crippen molar-refractivity contribution in [2.75, 3.05) is 5.32 Å². The molecule has 0 atom stereocenters. The fourth-order valence-electron chi connectivity index (χ4n) is 0.949. The number of hydrogen-bond donors (Lipinski definition) is 2. The van der Waals surface area contributed by atoms with Crippen molar-refractivity contribution >= 4 is 17.8 Å². The monoisotopic (exact) mass is 196 g/mol. The van der Waals surface area contributed by atoms with Crippen molar-refractivity contribution in [3.05, 3.63) is 29.6 Å². The molecule has 0 aromatic heterocycles. The van der Waals surface area contributed by atoms with Gasteiger partial charge in [0.1, 0.15) is 12.0 Å². The van der Waals surface area contributed by atoms with Crippen LogP contribution < -0.4 is 5.32 Å². The summed E-state index contributed by atoms with van der Waals surface area (Å²) in [7, 11) is 0. The van der Waals surface area contributed by atoms with Gasteiger partial charge in [0.2, 0.25) is 0 Å². The van der Waals surface area contributed by atoms with Gasteiger partial charge in [-0.05, 0) is 30.7 Å². The molecule has 5 heteroatoms. The van der Waals surface area contributed by atoms with Crippen LogP contribution in [-0.2, 0) is 4.79 Å². The highest BCUT2D eigenvalue weighted by molar-refractivity contribution is 6.31. The van der Waals surface area contributed by atoms with Crippen molar-refractivity contribution in [2.24, 2.45) is 5.16 Å². The van der Waals surface area contributed by atoms with Crippen LogP contribution in [0.2, 0.25) is 0 Å². The second-order valence-electron chi connectivity index (χ2n) is 2.70. The van der Waals surface area contributed by atoms with Crippen LogP contribution in [0.3, 0.4) is 0 Å². The average molecular weight is 196 g/mol. The first kappa shape index (κ1) is 10.2. The minimum absolute atomic E-state index is 0.334. The SMILES string of the molecule is Cc1cc(NC(=O)/C=N/O)ccc1F. The van der Waals surface area contributed by atoms with Crippen LogP contribution in [0.5, 0.6) is 0 Å². The number of carbonyl (C=O) groups is 1. The molecule has 0 heterocycles. The number of rotatable bonds is 2. The molecule has 1 aromatic carbocycles. The number of benzene rings is 1. The second-order valence-corrected chi connectivity index (χ2v) is 2.70. The van der Waals surface area contributed by atoms with Crippen LogP contribution >= 0.6 is 0 Å². The predicted octanol–water partition coefficient (Wildman–Crippen LogP) is 1.53. The number of carbonyl (C=O) groups excluding carboxylic acids is 1. The molecule has 0 aliphatic carbocycles. The number of aryl methyl sites for hydroxylation is 1. The van der Waals surface area contributed by atoms with E-state index < -0.39 is 5.91 Å². The zero-order chi connectivity index (χ0) is 10.6. The molecule has 14 heavy (non-hydrogen) atoms. The Hall–Kier alpha value is -1.91. The molecular formula is C9H9FN2O2. The summed E-state index contributed by atoms with van der Waals surface area (Å²) >= 11 is 0. The zero-order valence-electron chi connectivity index (χ0n) is 7.49. The lowest BCUT2D eigenvalue weighted by atomic mass is 10.2. The number of nitrogens with zero attached hydrogens (tertiary/aromatic N) is 1. The van der Waals surface area contributed by atoms with Gasteiger partial charge in [0.05, 0.1) is 0 Å². The third-order valence-electron chi connectivity index (χ3n) is 1.60. The van der Waals surface area contributed by atoms with Gasteiger partial charge in [0, 0.05) is 5.69 Å². The van der Waals surface area contributed by atoms with Crippen LogP contribution in [0, 0.1) is 12.7 Å². The summed E-state index contributed by atoms with van der Waals surface area (Å²) < 4.78 is 12.8. The lowest BCUT2D eigenvalue weighted by molar-refractivity contribution is -0.110. The van der Waals surface area contributed by atoms with E-state index in [9.17, 15) is 9.18 Å². The lowest BCUT2D eigenvalue weighted by Gasteiger charge is -2.02. The minimum atomic E-state index is -0.571. The third-order valence-corrected chi connectivity index (χ3v) is 1.60. The topological polar surface area (TPSA) is 61.7 Å². The van der Waals surface area contributed by atoms with E-state index in [1.165, 1.54) is 18.2 Å². The molecule has 0 aliphatic rings. The summed E-state index contributed by atoms with van der Waals surface area (Å²) in [5, 5.41) is 13.0. The maximum Gasteiger partial charge on any atom is 0.270 e. The Bertz CT molecular complexity index is 377. The molecule has 2 N–H and O–H groups in total. The van der Waals surface area contributed by atoms with Crippen LogP contribution in [0.15, 0.2) is 23.4 Å². The van der Waals surface area contributed by atoms with Crippen molar-refractivity contribution < 1.29 is 14.4 Å².